The number of nitrogens with two attached hydrogens (primary N) is 1. The highest BCUT2D eigenvalue weighted by atomic mass is 15.0. The van der Waals surface area contributed by atoms with Crippen LogP contribution in [0.25, 0.3) is 0 Å². The number of nitrogens with one attached hydrogen (secondary N) is 1. The fourth-order valence-electron chi connectivity index (χ4n) is 1.42. The van der Waals surface area contributed by atoms with Crippen LogP contribution in [-0.2, 0) is 0 Å². The molecule has 0 spiro atoms. The number of hydrogen-bond donors (Lipinski definition) is 2. The highest BCUT2D eigenvalue weighted by Gasteiger charge is 1.98. The van der Waals surface area contributed by atoms with Gasteiger partial charge in [-0.3, -0.25) is 0 Å². The molecule has 1 rings (SSSR count). The van der Waals surface area contributed by atoms with Gasteiger partial charge in [-0.2, -0.15) is 0 Å². The van der Waals surface area contributed by atoms with Crippen LogP contribution in [0.3, 0.4) is 0 Å². The van der Waals surface area contributed by atoms with Crippen LogP contribution >= 0.6 is 0 Å². The second-order valence-corrected chi connectivity index (χ2v) is 4.13. The van der Waals surface area contributed by atoms with Crippen LogP contribution < -0.4 is 11.1 Å². The molecule has 0 saturated carbocycles. The van der Waals surface area contributed by atoms with Crippen molar-refractivity contribution in [2.45, 2.75) is 26.7 Å². The predicted molar refractivity (Wildman–Crippen MR) is 64.9 cm³/mol. The summed E-state index contributed by atoms with van der Waals surface area (Å²) in [6.45, 7) is 6.01. The van der Waals surface area contributed by atoms with Crippen LogP contribution in [0.1, 0.15) is 25.3 Å². The number of pyridine rings is 1. The molecule has 3 N–H and O–H groups in total. The summed E-state index contributed by atoms with van der Waals surface area (Å²) in [4.78, 5) is 4.24. The number of hydrogen-bond acceptors (Lipinski definition) is 3. The van der Waals surface area contributed by atoms with Gasteiger partial charge in [0.05, 0.1) is 0 Å². The summed E-state index contributed by atoms with van der Waals surface area (Å²) in [5.41, 5.74) is 6.79. The van der Waals surface area contributed by atoms with Crippen molar-refractivity contribution in [2.24, 2.45) is 11.7 Å². The van der Waals surface area contributed by atoms with Gasteiger partial charge >= 0.3 is 0 Å². The van der Waals surface area contributed by atoms with Crippen molar-refractivity contribution in [3.63, 3.8) is 0 Å². The van der Waals surface area contributed by atoms with E-state index in [1.54, 1.807) is 0 Å². The van der Waals surface area contributed by atoms with E-state index in [1.807, 2.05) is 12.3 Å². The molecule has 0 aromatic carbocycles. The Morgan fingerprint density at radius 1 is 1.53 bits per heavy atom. The zero-order chi connectivity index (χ0) is 11.1. The summed E-state index contributed by atoms with van der Waals surface area (Å²) < 4.78 is 0. The maximum atomic E-state index is 5.55. The average molecular weight is 207 g/mol. The summed E-state index contributed by atoms with van der Waals surface area (Å²) in [5, 5.41) is 3.31. The molecule has 1 aromatic rings. The summed E-state index contributed by atoms with van der Waals surface area (Å²) >= 11 is 0. The molecule has 1 aromatic heterocycles. The van der Waals surface area contributed by atoms with Crippen molar-refractivity contribution < 1.29 is 0 Å². The maximum absolute atomic E-state index is 5.55. The minimum absolute atomic E-state index is 0.622. The number of rotatable bonds is 6. The van der Waals surface area contributed by atoms with Gasteiger partial charge < -0.3 is 11.1 Å². The van der Waals surface area contributed by atoms with Gasteiger partial charge in [-0.05, 0) is 49.9 Å². The van der Waals surface area contributed by atoms with Crippen LogP contribution in [0.4, 0.5) is 5.82 Å². The minimum Gasteiger partial charge on any atom is -0.370 e. The standard InChI is InChI=1S/C12H21N3/c1-10-5-7-15-12(8-10)14-6-3-4-11(2)9-13/h5,7-8,11H,3-4,6,9,13H2,1-2H3,(H,14,15). The third kappa shape index (κ3) is 4.79. The van der Waals surface area contributed by atoms with E-state index in [-0.39, 0.29) is 0 Å². The lowest BCUT2D eigenvalue weighted by Crippen LogP contribution is -2.12. The molecule has 1 heterocycles. The minimum atomic E-state index is 0.622. The molecule has 3 heteroatoms. The lowest BCUT2D eigenvalue weighted by atomic mass is 10.1. The Bertz CT molecular complexity index is 286. The van der Waals surface area contributed by atoms with Gasteiger partial charge in [0.15, 0.2) is 0 Å². The van der Waals surface area contributed by atoms with E-state index in [0.29, 0.717) is 5.92 Å². The summed E-state index contributed by atoms with van der Waals surface area (Å²) in [6.07, 6.45) is 4.16. The largest absolute Gasteiger partial charge is 0.370 e. The Labute approximate surface area is 92.1 Å². The number of aryl methyl sites for hydroxylation is 1. The fourth-order valence-corrected chi connectivity index (χ4v) is 1.42. The zero-order valence-electron chi connectivity index (χ0n) is 9.66. The molecule has 1 unspecified atom stereocenters. The molecule has 0 aliphatic rings. The fraction of sp³-hybridized carbons (Fsp3) is 0.583. The Morgan fingerprint density at radius 3 is 3.00 bits per heavy atom. The van der Waals surface area contributed by atoms with Crippen LogP contribution in [0, 0.1) is 12.8 Å². The van der Waals surface area contributed by atoms with Gasteiger partial charge in [-0.1, -0.05) is 6.92 Å². The van der Waals surface area contributed by atoms with Crippen LogP contribution in [-0.4, -0.2) is 18.1 Å². The lowest BCUT2D eigenvalue weighted by molar-refractivity contribution is 0.529. The molecule has 15 heavy (non-hydrogen) atoms. The van der Waals surface area contributed by atoms with E-state index >= 15 is 0 Å². The third-order valence-electron chi connectivity index (χ3n) is 2.50. The molecule has 0 fully saturated rings. The first-order chi connectivity index (χ1) is 7.22. The smallest absolute Gasteiger partial charge is 0.126 e. The van der Waals surface area contributed by atoms with Gasteiger partial charge in [-0.25, -0.2) is 4.98 Å². The summed E-state index contributed by atoms with van der Waals surface area (Å²) in [5.74, 6) is 1.59. The van der Waals surface area contributed by atoms with E-state index in [9.17, 15) is 0 Å². The van der Waals surface area contributed by atoms with Gasteiger partial charge in [-0.15, -0.1) is 0 Å². The first-order valence-electron chi connectivity index (χ1n) is 5.59. The van der Waals surface area contributed by atoms with Crippen molar-refractivity contribution in [2.75, 3.05) is 18.4 Å². The third-order valence-corrected chi connectivity index (χ3v) is 2.50. The lowest BCUT2D eigenvalue weighted by Gasteiger charge is -2.09. The molecule has 0 radical (unpaired) electrons. The molecule has 0 amide bonds. The van der Waals surface area contributed by atoms with Crippen molar-refractivity contribution >= 4 is 5.82 Å². The summed E-state index contributed by atoms with van der Waals surface area (Å²) in [6, 6.07) is 4.06. The van der Waals surface area contributed by atoms with Crippen molar-refractivity contribution in [1.82, 2.24) is 4.98 Å². The molecule has 3 nitrogen and oxygen atoms in total. The van der Waals surface area contributed by atoms with Crippen LogP contribution in [0.5, 0.6) is 0 Å². The van der Waals surface area contributed by atoms with E-state index < -0.39 is 0 Å². The van der Waals surface area contributed by atoms with Gasteiger partial charge in [0.1, 0.15) is 5.82 Å². The highest BCUT2D eigenvalue weighted by Crippen LogP contribution is 2.07. The second kappa shape index (κ2) is 6.40. The van der Waals surface area contributed by atoms with Crippen LogP contribution in [0.2, 0.25) is 0 Å². The van der Waals surface area contributed by atoms with E-state index in [1.165, 1.54) is 12.0 Å². The molecular weight excluding hydrogens is 186 g/mol. The molecule has 84 valence electrons. The monoisotopic (exact) mass is 207 g/mol. The Kier molecular flexibility index (Phi) is 5.12. The highest BCUT2D eigenvalue weighted by molar-refractivity contribution is 5.36. The predicted octanol–water partition coefficient (Wildman–Crippen LogP) is 2.18. The molecule has 0 aliphatic heterocycles. The molecule has 0 aliphatic carbocycles. The normalized spacial score (nSPS) is 12.5. The van der Waals surface area contributed by atoms with Gasteiger partial charge in [0.25, 0.3) is 0 Å². The van der Waals surface area contributed by atoms with Crippen molar-refractivity contribution in [3.05, 3.63) is 23.9 Å². The first-order valence-corrected chi connectivity index (χ1v) is 5.59. The van der Waals surface area contributed by atoms with Gasteiger partial charge in [0.2, 0.25) is 0 Å². The molecule has 1 atom stereocenters. The van der Waals surface area contributed by atoms with E-state index in [2.05, 4.69) is 30.2 Å². The zero-order valence-corrected chi connectivity index (χ0v) is 9.66. The first kappa shape index (κ1) is 12.0. The maximum Gasteiger partial charge on any atom is 0.126 e. The van der Waals surface area contributed by atoms with Gasteiger partial charge in [0, 0.05) is 12.7 Å². The second-order valence-electron chi connectivity index (χ2n) is 4.13. The van der Waals surface area contributed by atoms with Crippen LogP contribution in [0.15, 0.2) is 18.3 Å². The number of nitrogens with zero attached hydrogens (tertiary/aromatic N) is 1. The average Bonchev–Trinajstić information content (AvgIpc) is 2.24. The molecule has 0 bridgehead atoms. The molecular formula is C12H21N3. The Balaban J connectivity index is 2.20. The summed E-state index contributed by atoms with van der Waals surface area (Å²) in [7, 11) is 0. The van der Waals surface area contributed by atoms with Crippen molar-refractivity contribution in [3.8, 4) is 0 Å². The quantitative estimate of drug-likeness (QED) is 0.703. The number of aromatic nitrogens is 1. The SMILES string of the molecule is Cc1ccnc(NCCCC(C)CN)c1. The van der Waals surface area contributed by atoms with Crippen molar-refractivity contribution in [1.29, 1.82) is 0 Å². The molecule has 0 saturated heterocycles. The van der Waals surface area contributed by atoms with E-state index in [0.717, 1.165) is 25.3 Å². The van der Waals surface area contributed by atoms with E-state index in [4.69, 9.17) is 5.73 Å². The number of anilines is 1. The Morgan fingerprint density at radius 2 is 2.33 bits per heavy atom. The topological polar surface area (TPSA) is 50.9 Å². The Hall–Kier alpha value is -1.09.